The van der Waals surface area contributed by atoms with Gasteiger partial charge in [0.1, 0.15) is 5.82 Å². The maximum absolute atomic E-state index is 9.73. The first-order valence-electron chi connectivity index (χ1n) is 8.04. The van der Waals surface area contributed by atoms with Gasteiger partial charge in [0, 0.05) is 42.3 Å². The van der Waals surface area contributed by atoms with Gasteiger partial charge < -0.3 is 10.0 Å². The van der Waals surface area contributed by atoms with E-state index >= 15 is 0 Å². The van der Waals surface area contributed by atoms with E-state index in [1.54, 1.807) is 12.4 Å². The Labute approximate surface area is 130 Å². The van der Waals surface area contributed by atoms with E-state index in [1.807, 2.05) is 12.1 Å². The minimum absolute atomic E-state index is 0.161. The number of aliphatic hydroxyl groups excluding tert-OH is 1. The van der Waals surface area contributed by atoms with Crippen molar-refractivity contribution in [1.29, 1.82) is 0 Å². The van der Waals surface area contributed by atoms with E-state index in [2.05, 4.69) is 9.88 Å². The van der Waals surface area contributed by atoms with Crippen molar-refractivity contribution in [3.8, 4) is 11.4 Å². The summed E-state index contributed by atoms with van der Waals surface area (Å²) in [4.78, 5) is 16.0. The number of fused-ring (bicyclic) bond motifs is 1. The van der Waals surface area contributed by atoms with Crippen LogP contribution in [0.2, 0.25) is 0 Å². The Bertz CT molecular complexity index is 666. The molecule has 0 radical (unpaired) electrons. The first-order valence-corrected chi connectivity index (χ1v) is 8.04. The quantitative estimate of drug-likeness (QED) is 0.918. The molecule has 2 aliphatic rings. The average molecular weight is 296 g/mol. The molecule has 1 N–H and O–H groups in total. The van der Waals surface area contributed by atoms with Crippen LogP contribution < -0.4 is 4.90 Å². The predicted octanol–water partition coefficient (Wildman–Crippen LogP) is 1.99. The third kappa shape index (κ3) is 2.46. The second kappa shape index (κ2) is 5.65. The van der Waals surface area contributed by atoms with Crippen LogP contribution in [0.3, 0.4) is 0 Å². The largest absolute Gasteiger partial charge is 0.393 e. The van der Waals surface area contributed by atoms with Crippen LogP contribution in [0, 0.1) is 0 Å². The molecule has 22 heavy (non-hydrogen) atoms. The third-order valence-electron chi connectivity index (χ3n) is 4.61. The molecule has 5 nitrogen and oxygen atoms in total. The number of aliphatic hydroxyl groups is 1. The van der Waals surface area contributed by atoms with Crippen LogP contribution in [0.25, 0.3) is 11.4 Å². The van der Waals surface area contributed by atoms with Gasteiger partial charge in [-0.1, -0.05) is 0 Å². The molecule has 0 atom stereocenters. The van der Waals surface area contributed by atoms with Gasteiger partial charge in [0.05, 0.1) is 6.10 Å². The molecule has 2 aromatic rings. The molecule has 114 valence electrons. The predicted molar refractivity (Wildman–Crippen MR) is 84.7 cm³/mol. The number of piperidine rings is 1. The molecule has 0 unspecified atom stereocenters. The normalized spacial score (nSPS) is 18.5. The van der Waals surface area contributed by atoms with Crippen molar-refractivity contribution >= 4 is 5.82 Å². The number of hydrogen-bond donors (Lipinski definition) is 1. The van der Waals surface area contributed by atoms with Crippen molar-refractivity contribution in [2.75, 3.05) is 18.0 Å². The summed E-state index contributed by atoms with van der Waals surface area (Å²) in [6, 6.07) is 3.92. The summed E-state index contributed by atoms with van der Waals surface area (Å²) in [5, 5.41) is 9.73. The third-order valence-corrected chi connectivity index (χ3v) is 4.61. The summed E-state index contributed by atoms with van der Waals surface area (Å²) in [5.41, 5.74) is 3.53. The monoisotopic (exact) mass is 296 g/mol. The number of pyridine rings is 1. The fraction of sp³-hybridized carbons (Fsp3) is 0.471. The first kappa shape index (κ1) is 13.6. The van der Waals surface area contributed by atoms with Crippen LogP contribution in [-0.2, 0) is 12.8 Å². The molecular formula is C17H20N4O. The van der Waals surface area contributed by atoms with Gasteiger partial charge in [-0.2, -0.15) is 0 Å². The lowest BCUT2D eigenvalue weighted by Crippen LogP contribution is -2.37. The van der Waals surface area contributed by atoms with Crippen LogP contribution in [-0.4, -0.2) is 39.3 Å². The zero-order valence-corrected chi connectivity index (χ0v) is 12.6. The molecule has 1 aliphatic heterocycles. The average Bonchev–Trinajstić information content (AvgIpc) is 3.04. The van der Waals surface area contributed by atoms with Crippen molar-refractivity contribution in [3.63, 3.8) is 0 Å². The summed E-state index contributed by atoms with van der Waals surface area (Å²) in [5.74, 6) is 1.88. The number of anilines is 1. The molecular weight excluding hydrogens is 276 g/mol. The Balaban J connectivity index is 1.75. The molecule has 1 saturated heterocycles. The summed E-state index contributed by atoms with van der Waals surface area (Å²) in [6.45, 7) is 1.75. The molecule has 0 amide bonds. The summed E-state index contributed by atoms with van der Waals surface area (Å²) >= 11 is 0. The van der Waals surface area contributed by atoms with Crippen molar-refractivity contribution < 1.29 is 5.11 Å². The van der Waals surface area contributed by atoms with Gasteiger partial charge in [0.2, 0.25) is 0 Å². The lowest BCUT2D eigenvalue weighted by Gasteiger charge is -2.32. The van der Waals surface area contributed by atoms with Crippen molar-refractivity contribution in [3.05, 3.63) is 35.8 Å². The highest BCUT2D eigenvalue weighted by molar-refractivity contribution is 5.61. The summed E-state index contributed by atoms with van der Waals surface area (Å²) in [7, 11) is 0. The molecule has 2 aromatic heterocycles. The van der Waals surface area contributed by atoms with Gasteiger partial charge in [0.15, 0.2) is 5.82 Å². The highest BCUT2D eigenvalue weighted by Crippen LogP contribution is 2.32. The van der Waals surface area contributed by atoms with E-state index in [9.17, 15) is 5.11 Å². The summed E-state index contributed by atoms with van der Waals surface area (Å²) < 4.78 is 0. The Morgan fingerprint density at radius 3 is 2.59 bits per heavy atom. The van der Waals surface area contributed by atoms with Crippen molar-refractivity contribution in [2.45, 2.75) is 38.2 Å². The van der Waals surface area contributed by atoms with Crippen LogP contribution in [0.5, 0.6) is 0 Å². The van der Waals surface area contributed by atoms with E-state index in [0.717, 1.165) is 62.4 Å². The molecule has 0 saturated carbocycles. The van der Waals surface area contributed by atoms with Gasteiger partial charge in [-0.15, -0.1) is 0 Å². The van der Waals surface area contributed by atoms with Crippen LogP contribution in [0.4, 0.5) is 5.82 Å². The zero-order chi connectivity index (χ0) is 14.9. The Hall–Kier alpha value is -2.01. The minimum atomic E-state index is -0.161. The molecule has 0 spiro atoms. The first-order chi connectivity index (χ1) is 10.8. The number of hydrogen-bond acceptors (Lipinski definition) is 5. The lowest BCUT2D eigenvalue weighted by molar-refractivity contribution is 0.145. The topological polar surface area (TPSA) is 62.1 Å². The van der Waals surface area contributed by atoms with E-state index in [0.29, 0.717) is 0 Å². The maximum Gasteiger partial charge on any atom is 0.161 e. The molecule has 0 bridgehead atoms. The number of nitrogens with zero attached hydrogens (tertiary/aromatic N) is 4. The zero-order valence-electron chi connectivity index (χ0n) is 12.6. The molecule has 1 aliphatic carbocycles. The van der Waals surface area contributed by atoms with Gasteiger partial charge in [0.25, 0.3) is 0 Å². The lowest BCUT2D eigenvalue weighted by atomic mass is 10.1. The van der Waals surface area contributed by atoms with Crippen LogP contribution in [0.1, 0.15) is 30.5 Å². The van der Waals surface area contributed by atoms with Gasteiger partial charge in [-0.05, 0) is 44.2 Å². The highest BCUT2D eigenvalue weighted by Gasteiger charge is 2.26. The minimum Gasteiger partial charge on any atom is -0.393 e. The van der Waals surface area contributed by atoms with Gasteiger partial charge in [-0.25, -0.2) is 9.97 Å². The standard InChI is InChI=1S/C17H20N4O/c22-13-6-10-21(11-7-13)17-14-2-1-3-15(14)19-16(20-17)12-4-8-18-9-5-12/h4-5,8-9,13,22H,1-3,6-7,10-11H2. The Morgan fingerprint density at radius 2 is 1.82 bits per heavy atom. The number of aryl methyl sites for hydroxylation is 1. The second-order valence-electron chi connectivity index (χ2n) is 6.10. The molecule has 3 heterocycles. The number of aromatic nitrogens is 3. The van der Waals surface area contributed by atoms with Crippen LogP contribution >= 0.6 is 0 Å². The summed E-state index contributed by atoms with van der Waals surface area (Å²) in [6.07, 6.45) is 8.32. The Kier molecular flexibility index (Phi) is 3.50. The molecule has 0 aromatic carbocycles. The van der Waals surface area contributed by atoms with E-state index in [1.165, 1.54) is 11.3 Å². The number of rotatable bonds is 2. The van der Waals surface area contributed by atoms with Gasteiger partial charge in [-0.3, -0.25) is 4.98 Å². The van der Waals surface area contributed by atoms with Crippen LogP contribution in [0.15, 0.2) is 24.5 Å². The molecule has 5 heteroatoms. The second-order valence-corrected chi connectivity index (χ2v) is 6.10. The molecule has 4 rings (SSSR count). The van der Waals surface area contributed by atoms with E-state index < -0.39 is 0 Å². The van der Waals surface area contributed by atoms with E-state index in [4.69, 9.17) is 9.97 Å². The Morgan fingerprint density at radius 1 is 1.05 bits per heavy atom. The van der Waals surface area contributed by atoms with E-state index in [-0.39, 0.29) is 6.10 Å². The fourth-order valence-electron chi connectivity index (χ4n) is 3.38. The molecule has 1 fully saturated rings. The smallest absolute Gasteiger partial charge is 0.161 e. The van der Waals surface area contributed by atoms with Gasteiger partial charge >= 0.3 is 0 Å². The fourth-order valence-corrected chi connectivity index (χ4v) is 3.38. The van der Waals surface area contributed by atoms with Crippen molar-refractivity contribution in [1.82, 2.24) is 15.0 Å². The highest BCUT2D eigenvalue weighted by atomic mass is 16.3. The SMILES string of the molecule is OC1CCN(c2nc(-c3ccncc3)nc3c2CCC3)CC1. The maximum atomic E-state index is 9.73. The van der Waals surface area contributed by atoms with Crippen molar-refractivity contribution in [2.24, 2.45) is 0 Å².